The molecule has 3 aromatic rings. The number of thiazole rings is 1. The molecule has 1 aromatic heterocycles. The van der Waals surface area contributed by atoms with Crippen molar-refractivity contribution in [3.05, 3.63) is 71.1 Å². The lowest BCUT2D eigenvalue weighted by Crippen LogP contribution is -1.82. The molecule has 3 heteroatoms. The third-order valence-corrected chi connectivity index (χ3v) is 5.09. The van der Waals surface area contributed by atoms with Gasteiger partial charge in [-0.1, -0.05) is 71.9 Å². The van der Waals surface area contributed by atoms with Gasteiger partial charge in [0.1, 0.15) is 0 Å². The summed E-state index contributed by atoms with van der Waals surface area (Å²) >= 11 is 3.52. The van der Waals surface area contributed by atoms with Gasteiger partial charge >= 0.3 is 0 Å². The van der Waals surface area contributed by atoms with Crippen LogP contribution in [-0.2, 0) is 5.75 Å². The highest BCUT2D eigenvalue weighted by molar-refractivity contribution is 8.00. The Hall–Kier alpha value is -1.58. The Balaban J connectivity index is 1.69. The summed E-state index contributed by atoms with van der Waals surface area (Å²) in [5, 5.41) is 2.13. The minimum atomic E-state index is 0.976. The number of nitrogens with zero attached hydrogens (tertiary/aromatic N) is 1. The molecular formula is C17H15NS2. The minimum absolute atomic E-state index is 0.976. The van der Waals surface area contributed by atoms with Crippen LogP contribution in [0.5, 0.6) is 0 Å². The fourth-order valence-electron chi connectivity index (χ4n) is 2.01. The summed E-state index contributed by atoms with van der Waals surface area (Å²) in [5.41, 5.74) is 4.92. The smallest absolute Gasteiger partial charge is 0.150 e. The normalized spacial score (nSPS) is 10.7. The van der Waals surface area contributed by atoms with Crippen molar-refractivity contribution in [2.45, 2.75) is 17.0 Å². The maximum absolute atomic E-state index is 4.70. The third kappa shape index (κ3) is 3.30. The Morgan fingerprint density at radius 1 is 1.05 bits per heavy atom. The van der Waals surface area contributed by atoms with Gasteiger partial charge in [-0.3, -0.25) is 0 Å². The van der Waals surface area contributed by atoms with Crippen molar-refractivity contribution in [1.82, 2.24) is 4.98 Å². The van der Waals surface area contributed by atoms with E-state index in [0.29, 0.717) is 0 Å². The molecule has 0 unspecified atom stereocenters. The highest BCUT2D eigenvalue weighted by atomic mass is 32.2. The lowest BCUT2D eigenvalue weighted by molar-refractivity contribution is 1.24. The molecule has 0 radical (unpaired) electrons. The van der Waals surface area contributed by atoms with Gasteiger partial charge in [0, 0.05) is 16.7 Å². The number of rotatable bonds is 4. The fraction of sp³-hybridized carbons (Fsp3) is 0.118. The van der Waals surface area contributed by atoms with Crippen LogP contribution >= 0.6 is 23.1 Å². The molecule has 0 aliphatic heterocycles. The summed E-state index contributed by atoms with van der Waals surface area (Å²) in [6.07, 6.45) is 0. The van der Waals surface area contributed by atoms with Gasteiger partial charge in [0.05, 0.1) is 5.69 Å². The summed E-state index contributed by atoms with van der Waals surface area (Å²) in [4.78, 5) is 4.70. The van der Waals surface area contributed by atoms with Crippen LogP contribution in [0.25, 0.3) is 11.3 Å². The SMILES string of the molecule is Cc1cccc(CSc2nc(-c3ccccc3)cs2)c1. The monoisotopic (exact) mass is 297 g/mol. The van der Waals surface area contributed by atoms with Crippen LogP contribution in [0, 0.1) is 6.92 Å². The second kappa shape index (κ2) is 6.25. The van der Waals surface area contributed by atoms with Crippen LogP contribution < -0.4 is 0 Å². The average molecular weight is 297 g/mol. The van der Waals surface area contributed by atoms with E-state index in [2.05, 4.69) is 48.7 Å². The molecule has 0 saturated heterocycles. The van der Waals surface area contributed by atoms with Gasteiger partial charge in [-0.2, -0.15) is 0 Å². The highest BCUT2D eigenvalue weighted by Crippen LogP contribution is 2.30. The molecular weight excluding hydrogens is 282 g/mol. The number of hydrogen-bond acceptors (Lipinski definition) is 3. The van der Waals surface area contributed by atoms with E-state index in [0.717, 1.165) is 15.8 Å². The van der Waals surface area contributed by atoms with Crippen LogP contribution in [0.1, 0.15) is 11.1 Å². The van der Waals surface area contributed by atoms with Gasteiger partial charge in [0.2, 0.25) is 0 Å². The van der Waals surface area contributed by atoms with Gasteiger partial charge in [-0.25, -0.2) is 4.98 Å². The zero-order chi connectivity index (χ0) is 13.8. The van der Waals surface area contributed by atoms with Crippen molar-refractivity contribution in [1.29, 1.82) is 0 Å². The highest BCUT2D eigenvalue weighted by Gasteiger charge is 2.05. The van der Waals surface area contributed by atoms with E-state index < -0.39 is 0 Å². The van der Waals surface area contributed by atoms with Crippen molar-refractivity contribution in [2.75, 3.05) is 0 Å². The Labute approximate surface area is 127 Å². The summed E-state index contributed by atoms with van der Waals surface area (Å²) in [7, 11) is 0. The molecule has 100 valence electrons. The summed E-state index contributed by atoms with van der Waals surface area (Å²) < 4.78 is 1.13. The quantitative estimate of drug-likeness (QED) is 0.597. The van der Waals surface area contributed by atoms with Gasteiger partial charge in [0.25, 0.3) is 0 Å². The van der Waals surface area contributed by atoms with Gasteiger partial charge in [-0.05, 0) is 12.5 Å². The second-order valence-corrected chi connectivity index (χ2v) is 6.72. The molecule has 0 aliphatic rings. The average Bonchev–Trinajstić information content (AvgIpc) is 2.95. The topological polar surface area (TPSA) is 12.9 Å². The molecule has 0 atom stereocenters. The number of aryl methyl sites for hydroxylation is 1. The van der Waals surface area contributed by atoms with E-state index in [-0.39, 0.29) is 0 Å². The van der Waals surface area contributed by atoms with Crippen LogP contribution in [-0.4, -0.2) is 4.98 Å². The zero-order valence-electron chi connectivity index (χ0n) is 11.2. The number of aromatic nitrogens is 1. The predicted octanol–water partition coefficient (Wildman–Crippen LogP) is 5.41. The molecule has 3 rings (SSSR count). The van der Waals surface area contributed by atoms with E-state index in [1.54, 1.807) is 23.1 Å². The molecule has 1 heterocycles. The van der Waals surface area contributed by atoms with Crippen molar-refractivity contribution >= 4 is 23.1 Å². The number of hydrogen-bond donors (Lipinski definition) is 0. The summed E-state index contributed by atoms with van der Waals surface area (Å²) in [6.45, 7) is 2.13. The van der Waals surface area contributed by atoms with Crippen molar-refractivity contribution in [3.63, 3.8) is 0 Å². The van der Waals surface area contributed by atoms with Crippen LogP contribution in [0.4, 0.5) is 0 Å². The van der Waals surface area contributed by atoms with Gasteiger partial charge in [0.15, 0.2) is 4.34 Å². The Morgan fingerprint density at radius 2 is 1.90 bits per heavy atom. The van der Waals surface area contributed by atoms with Crippen molar-refractivity contribution in [3.8, 4) is 11.3 Å². The molecule has 0 N–H and O–H groups in total. The molecule has 20 heavy (non-hydrogen) atoms. The van der Waals surface area contributed by atoms with E-state index in [1.165, 1.54) is 16.7 Å². The minimum Gasteiger partial charge on any atom is -0.230 e. The van der Waals surface area contributed by atoms with Gasteiger partial charge < -0.3 is 0 Å². The first-order chi connectivity index (χ1) is 9.81. The van der Waals surface area contributed by atoms with Crippen molar-refractivity contribution in [2.24, 2.45) is 0 Å². The molecule has 2 aromatic carbocycles. The van der Waals surface area contributed by atoms with E-state index in [1.807, 2.05) is 18.2 Å². The predicted molar refractivity (Wildman–Crippen MR) is 88.3 cm³/mol. The zero-order valence-corrected chi connectivity index (χ0v) is 12.9. The first-order valence-electron chi connectivity index (χ1n) is 6.50. The van der Waals surface area contributed by atoms with Crippen molar-refractivity contribution < 1.29 is 0 Å². The first kappa shape index (κ1) is 13.4. The Bertz CT molecular complexity index is 689. The molecule has 0 fully saturated rings. The van der Waals surface area contributed by atoms with Crippen LogP contribution in [0.2, 0.25) is 0 Å². The number of benzene rings is 2. The summed E-state index contributed by atoms with van der Waals surface area (Å²) in [5.74, 6) is 0.976. The Kier molecular flexibility index (Phi) is 4.19. The molecule has 0 spiro atoms. The standard InChI is InChI=1S/C17H15NS2/c1-13-6-5-7-14(10-13)11-19-17-18-16(12-20-17)15-8-3-2-4-9-15/h2-10,12H,11H2,1H3. The second-order valence-electron chi connectivity index (χ2n) is 4.64. The Morgan fingerprint density at radius 3 is 2.70 bits per heavy atom. The van der Waals surface area contributed by atoms with E-state index >= 15 is 0 Å². The lowest BCUT2D eigenvalue weighted by atomic mass is 10.2. The van der Waals surface area contributed by atoms with Crippen LogP contribution in [0.15, 0.2) is 64.3 Å². The molecule has 1 nitrogen and oxygen atoms in total. The van der Waals surface area contributed by atoms with Gasteiger partial charge in [-0.15, -0.1) is 11.3 Å². The maximum atomic E-state index is 4.70. The number of thioether (sulfide) groups is 1. The van der Waals surface area contributed by atoms with E-state index in [4.69, 9.17) is 4.98 Å². The van der Waals surface area contributed by atoms with Crippen LogP contribution in [0.3, 0.4) is 0 Å². The molecule has 0 amide bonds. The summed E-state index contributed by atoms with van der Waals surface area (Å²) in [6, 6.07) is 19.0. The molecule has 0 bridgehead atoms. The first-order valence-corrected chi connectivity index (χ1v) is 8.37. The third-order valence-electron chi connectivity index (χ3n) is 3.00. The van der Waals surface area contributed by atoms with E-state index in [9.17, 15) is 0 Å². The maximum Gasteiger partial charge on any atom is 0.150 e. The largest absolute Gasteiger partial charge is 0.230 e. The fourth-order valence-corrected chi connectivity index (χ4v) is 3.79. The molecule has 0 saturated carbocycles. The molecule has 0 aliphatic carbocycles. The lowest BCUT2D eigenvalue weighted by Gasteiger charge is -2.00.